The Morgan fingerprint density at radius 2 is 1.79 bits per heavy atom. The summed E-state index contributed by atoms with van der Waals surface area (Å²) in [6.07, 6.45) is 2.49. The van der Waals surface area contributed by atoms with Crippen LogP contribution in [0.5, 0.6) is 0 Å². The Morgan fingerprint density at radius 3 is 2.52 bits per heavy atom. The monoisotopic (exact) mass is 466 g/mol. The van der Waals surface area contributed by atoms with E-state index in [1.807, 2.05) is 19.1 Å². The third-order valence-corrected chi connectivity index (χ3v) is 7.80. The standard InChI is InChI=1S/C24H26N4O4S/c1-16-13-18-5-4-8-21(22(18)26-15-16)33(31,32)28-11-9-17(10-12-28)24(30)27-20-7-3-6-19(14-20)23(29)25-2/h3-8,13-15,17H,9-12H2,1-2H3,(H,25,29)(H,27,30). The average Bonchev–Trinajstić information content (AvgIpc) is 2.83. The molecule has 3 aromatic rings. The number of fused-ring (bicyclic) bond motifs is 1. The van der Waals surface area contributed by atoms with Crippen LogP contribution in [0.2, 0.25) is 0 Å². The summed E-state index contributed by atoms with van der Waals surface area (Å²) in [5.41, 5.74) is 2.41. The largest absolute Gasteiger partial charge is 0.355 e. The van der Waals surface area contributed by atoms with Gasteiger partial charge in [0.2, 0.25) is 15.9 Å². The van der Waals surface area contributed by atoms with Gasteiger partial charge in [-0.2, -0.15) is 4.31 Å². The quantitative estimate of drug-likeness (QED) is 0.601. The molecule has 0 atom stereocenters. The lowest BCUT2D eigenvalue weighted by Crippen LogP contribution is -2.41. The number of sulfonamides is 1. The van der Waals surface area contributed by atoms with Crippen LogP contribution in [0.3, 0.4) is 0 Å². The van der Waals surface area contributed by atoms with Gasteiger partial charge in [-0.15, -0.1) is 0 Å². The van der Waals surface area contributed by atoms with Crippen molar-refractivity contribution in [2.75, 3.05) is 25.5 Å². The van der Waals surface area contributed by atoms with E-state index in [-0.39, 0.29) is 35.7 Å². The minimum Gasteiger partial charge on any atom is -0.355 e. The normalized spacial score (nSPS) is 15.3. The highest BCUT2D eigenvalue weighted by molar-refractivity contribution is 7.89. The van der Waals surface area contributed by atoms with Gasteiger partial charge in [-0.1, -0.05) is 18.2 Å². The molecule has 2 N–H and O–H groups in total. The van der Waals surface area contributed by atoms with Crippen LogP contribution in [0, 0.1) is 12.8 Å². The smallest absolute Gasteiger partial charge is 0.251 e. The summed E-state index contributed by atoms with van der Waals surface area (Å²) in [6.45, 7) is 2.42. The third-order valence-electron chi connectivity index (χ3n) is 5.87. The Balaban J connectivity index is 1.45. The van der Waals surface area contributed by atoms with E-state index in [1.54, 1.807) is 49.6 Å². The van der Waals surface area contributed by atoms with E-state index in [9.17, 15) is 18.0 Å². The molecular formula is C24H26N4O4S. The van der Waals surface area contributed by atoms with Crippen LogP contribution in [-0.2, 0) is 14.8 Å². The van der Waals surface area contributed by atoms with Crippen LogP contribution in [0.15, 0.2) is 59.6 Å². The van der Waals surface area contributed by atoms with E-state index in [0.717, 1.165) is 10.9 Å². The fourth-order valence-electron chi connectivity index (χ4n) is 4.08. The second-order valence-electron chi connectivity index (χ2n) is 8.17. The number of rotatable bonds is 5. The fraction of sp³-hybridized carbons (Fsp3) is 0.292. The first-order chi connectivity index (χ1) is 15.8. The van der Waals surface area contributed by atoms with Gasteiger partial charge in [0, 0.05) is 48.9 Å². The zero-order valence-electron chi connectivity index (χ0n) is 18.5. The van der Waals surface area contributed by atoms with Gasteiger partial charge in [0.1, 0.15) is 4.90 Å². The molecule has 9 heteroatoms. The number of carbonyl (C=O) groups is 2. The van der Waals surface area contributed by atoms with Crippen LogP contribution in [0.25, 0.3) is 10.9 Å². The number of amides is 2. The van der Waals surface area contributed by atoms with Crippen molar-refractivity contribution in [1.29, 1.82) is 0 Å². The molecule has 1 saturated heterocycles. The number of anilines is 1. The molecule has 2 heterocycles. The van der Waals surface area contributed by atoms with Crippen LogP contribution in [-0.4, -0.2) is 49.7 Å². The molecule has 0 saturated carbocycles. The lowest BCUT2D eigenvalue weighted by molar-refractivity contribution is -0.120. The summed E-state index contributed by atoms with van der Waals surface area (Å²) in [6, 6.07) is 13.8. The van der Waals surface area contributed by atoms with Crippen LogP contribution >= 0.6 is 0 Å². The van der Waals surface area contributed by atoms with Crippen LogP contribution in [0.4, 0.5) is 5.69 Å². The minimum atomic E-state index is -3.73. The summed E-state index contributed by atoms with van der Waals surface area (Å²) in [4.78, 5) is 29.1. The molecule has 1 aromatic heterocycles. The van der Waals surface area contributed by atoms with Crippen LogP contribution in [0.1, 0.15) is 28.8 Å². The van der Waals surface area contributed by atoms with Crippen molar-refractivity contribution in [3.05, 3.63) is 65.9 Å². The summed E-state index contributed by atoms with van der Waals surface area (Å²) in [5, 5.41) is 6.18. The zero-order chi connectivity index (χ0) is 23.6. The van der Waals surface area contributed by atoms with E-state index in [0.29, 0.717) is 29.6 Å². The van der Waals surface area contributed by atoms with Crippen molar-refractivity contribution in [1.82, 2.24) is 14.6 Å². The molecule has 1 aliphatic heterocycles. The molecule has 4 rings (SSSR count). The molecule has 0 radical (unpaired) electrons. The number of nitrogens with zero attached hydrogens (tertiary/aromatic N) is 2. The van der Waals surface area contributed by atoms with Gasteiger partial charge in [0.25, 0.3) is 5.91 Å². The molecule has 172 valence electrons. The minimum absolute atomic E-state index is 0.177. The van der Waals surface area contributed by atoms with E-state index < -0.39 is 10.0 Å². The van der Waals surface area contributed by atoms with Gasteiger partial charge < -0.3 is 10.6 Å². The molecule has 2 amide bonds. The Bertz CT molecular complexity index is 1320. The average molecular weight is 467 g/mol. The molecular weight excluding hydrogens is 440 g/mol. The van der Waals surface area contributed by atoms with Gasteiger partial charge in [-0.05, 0) is 55.7 Å². The van der Waals surface area contributed by atoms with E-state index in [2.05, 4.69) is 15.6 Å². The van der Waals surface area contributed by atoms with Crippen LogP contribution < -0.4 is 10.6 Å². The first-order valence-corrected chi connectivity index (χ1v) is 12.2. The summed E-state index contributed by atoms with van der Waals surface area (Å²) in [7, 11) is -2.19. The number of hydrogen-bond acceptors (Lipinski definition) is 5. The number of aromatic nitrogens is 1. The summed E-state index contributed by atoms with van der Waals surface area (Å²) in [5.74, 6) is -0.723. The van der Waals surface area contributed by atoms with Crippen molar-refractivity contribution in [2.24, 2.45) is 5.92 Å². The molecule has 0 bridgehead atoms. The number of aryl methyl sites for hydroxylation is 1. The maximum Gasteiger partial charge on any atom is 0.251 e. The fourth-order valence-corrected chi connectivity index (χ4v) is 5.71. The Kier molecular flexibility index (Phi) is 6.44. The number of para-hydroxylation sites is 1. The maximum absolute atomic E-state index is 13.3. The van der Waals surface area contributed by atoms with Crippen molar-refractivity contribution in [2.45, 2.75) is 24.7 Å². The maximum atomic E-state index is 13.3. The molecule has 33 heavy (non-hydrogen) atoms. The van der Waals surface area contributed by atoms with Gasteiger partial charge in [0.15, 0.2) is 0 Å². The third kappa shape index (κ3) is 4.74. The number of nitrogens with one attached hydrogen (secondary N) is 2. The van der Waals surface area contributed by atoms with Gasteiger partial charge >= 0.3 is 0 Å². The van der Waals surface area contributed by atoms with E-state index >= 15 is 0 Å². The number of hydrogen-bond donors (Lipinski definition) is 2. The second-order valence-corrected chi connectivity index (χ2v) is 10.1. The Hall–Kier alpha value is -3.30. The number of benzene rings is 2. The summed E-state index contributed by atoms with van der Waals surface area (Å²) < 4.78 is 28.1. The number of piperidine rings is 1. The zero-order valence-corrected chi connectivity index (χ0v) is 19.4. The topological polar surface area (TPSA) is 108 Å². The van der Waals surface area contributed by atoms with Crippen molar-refractivity contribution in [3.63, 3.8) is 0 Å². The second kappa shape index (κ2) is 9.29. The number of carbonyl (C=O) groups excluding carboxylic acids is 2. The molecule has 0 aliphatic carbocycles. The lowest BCUT2D eigenvalue weighted by Gasteiger charge is -2.30. The first-order valence-electron chi connectivity index (χ1n) is 10.8. The molecule has 2 aromatic carbocycles. The van der Waals surface area contributed by atoms with E-state index in [4.69, 9.17) is 0 Å². The highest BCUT2D eigenvalue weighted by atomic mass is 32.2. The molecule has 0 spiro atoms. The molecule has 1 aliphatic rings. The SMILES string of the molecule is CNC(=O)c1cccc(NC(=O)C2CCN(S(=O)(=O)c3cccc4cc(C)cnc34)CC2)c1. The van der Waals surface area contributed by atoms with E-state index in [1.165, 1.54) is 4.31 Å². The Morgan fingerprint density at radius 1 is 1.06 bits per heavy atom. The van der Waals surface area contributed by atoms with Gasteiger partial charge in [-0.3, -0.25) is 14.6 Å². The predicted molar refractivity (Wildman–Crippen MR) is 126 cm³/mol. The molecule has 1 fully saturated rings. The van der Waals surface area contributed by atoms with Gasteiger partial charge in [-0.25, -0.2) is 8.42 Å². The van der Waals surface area contributed by atoms with Crippen molar-refractivity contribution < 1.29 is 18.0 Å². The highest BCUT2D eigenvalue weighted by Gasteiger charge is 2.33. The number of pyridine rings is 1. The molecule has 0 unspecified atom stereocenters. The van der Waals surface area contributed by atoms with Crippen molar-refractivity contribution in [3.8, 4) is 0 Å². The first kappa shape index (κ1) is 22.9. The Labute approximate surface area is 193 Å². The molecule has 8 nitrogen and oxygen atoms in total. The van der Waals surface area contributed by atoms with Gasteiger partial charge in [0.05, 0.1) is 5.52 Å². The highest BCUT2D eigenvalue weighted by Crippen LogP contribution is 2.28. The predicted octanol–water partition coefficient (Wildman–Crippen LogP) is 2.94. The lowest BCUT2D eigenvalue weighted by atomic mass is 9.97. The van der Waals surface area contributed by atoms with Crippen molar-refractivity contribution >= 4 is 38.4 Å². The summed E-state index contributed by atoms with van der Waals surface area (Å²) >= 11 is 0.